The van der Waals surface area contributed by atoms with Crippen LogP contribution in [0.15, 0.2) is 23.3 Å². The van der Waals surface area contributed by atoms with Gasteiger partial charge in [0.25, 0.3) is 0 Å². The SMILES string of the molecule is Cc1sc(Cl)cc1C1=C(C(=C(C#N)C#N)c2cc(Cl)sc2C)CCC1. The van der Waals surface area contributed by atoms with Crippen molar-refractivity contribution in [2.24, 2.45) is 0 Å². The first kappa shape index (κ1) is 18.2. The third-order valence-corrected chi connectivity index (χ3v) is 6.72. The maximum absolute atomic E-state index is 9.53. The highest BCUT2D eigenvalue weighted by Crippen LogP contribution is 2.47. The molecule has 0 N–H and O–H groups in total. The summed E-state index contributed by atoms with van der Waals surface area (Å²) < 4.78 is 1.42. The van der Waals surface area contributed by atoms with Gasteiger partial charge in [-0.15, -0.1) is 22.7 Å². The van der Waals surface area contributed by atoms with Crippen LogP contribution in [0.4, 0.5) is 0 Å². The average molecular weight is 405 g/mol. The number of hydrogen-bond acceptors (Lipinski definition) is 4. The second-order valence-corrected chi connectivity index (χ2v) is 9.60. The summed E-state index contributed by atoms with van der Waals surface area (Å²) in [6.45, 7) is 4.03. The molecule has 0 unspecified atom stereocenters. The minimum atomic E-state index is 0.144. The molecule has 0 saturated heterocycles. The summed E-state index contributed by atoms with van der Waals surface area (Å²) >= 11 is 15.4. The van der Waals surface area contributed by atoms with Crippen LogP contribution in [0.1, 0.15) is 40.1 Å². The molecule has 3 rings (SSSR count). The van der Waals surface area contributed by atoms with Gasteiger partial charge in [-0.2, -0.15) is 10.5 Å². The number of rotatable bonds is 3. The number of halogens is 2. The molecule has 2 nitrogen and oxygen atoms in total. The van der Waals surface area contributed by atoms with Gasteiger partial charge in [-0.25, -0.2) is 0 Å². The monoisotopic (exact) mass is 404 g/mol. The lowest BCUT2D eigenvalue weighted by atomic mass is 9.90. The van der Waals surface area contributed by atoms with Crippen molar-refractivity contribution in [3.63, 3.8) is 0 Å². The zero-order valence-electron chi connectivity index (χ0n) is 13.7. The lowest BCUT2D eigenvalue weighted by molar-refractivity contribution is 0.922. The highest BCUT2D eigenvalue weighted by atomic mass is 35.5. The second-order valence-electron chi connectivity index (χ2n) is 5.83. The lowest BCUT2D eigenvalue weighted by Gasteiger charge is -2.13. The lowest BCUT2D eigenvalue weighted by Crippen LogP contribution is -1.95. The Labute approximate surface area is 165 Å². The minimum Gasteiger partial charge on any atom is -0.192 e. The Kier molecular flexibility index (Phi) is 5.37. The molecule has 0 bridgehead atoms. The first-order chi connectivity index (χ1) is 12.0. The van der Waals surface area contributed by atoms with Crippen LogP contribution >= 0.6 is 45.9 Å². The van der Waals surface area contributed by atoms with Crippen molar-refractivity contribution in [1.82, 2.24) is 0 Å². The number of thiophene rings is 2. The van der Waals surface area contributed by atoms with Crippen LogP contribution in [0.2, 0.25) is 8.67 Å². The summed E-state index contributed by atoms with van der Waals surface area (Å²) in [6.07, 6.45) is 2.77. The Balaban J connectivity index is 2.30. The van der Waals surface area contributed by atoms with Gasteiger partial charge in [-0.1, -0.05) is 23.2 Å². The van der Waals surface area contributed by atoms with Gasteiger partial charge < -0.3 is 0 Å². The smallest absolute Gasteiger partial charge is 0.137 e. The van der Waals surface area contributed by atoms with Gasteiger partial charge in [0.1, 0.15) is 17.7 Å². The van der Waals surface area contributed by atoms with Crippen molar-refractivity contribution in [1.29, 1.82) is 10.5 Å². The molecule has 0 spiro atoms. The standard InChI is InChI=1S/C19H14Cl2N2S2/c1-10-15(6-17(20)24-10)13-4-3-5-14(13)19(12(8-22)9-23)16-7-18(21)25-11(16)2/h6-7H,3-5H2,1-2H3. The summed E-state index contributed by atoms with van der Waals surface area (Å²) in [4.78, 5) is 2.18. The summed E-state index contributed by atoms with van der Waals surface area (Å²) in [5.41, 5.74) is 5.18. The number of aryl methyl sites for hydroxylation is 2. The molecule has 0 amide bonds. The van der Waals surface area contributed by atoms with Crippen LogP contribution in [-0.4, -0.2) is 0 Å². The van der Waals surface area contributed by atoms with Gasteiger partial charge in [0.2, 0.25) is 0 Å². The molecular weight excluding hydrogens is 391 g/mol. The molecule has 0 radical (unpaired) electrons. The third-order valence-electron chi connectivity index (χ3n) is 4.36. The van der Waals surface area contributed by atoms with E-state index in [2.05, 4.69) is 19.1 Å². The Bertz CT molecular complexity index is 978. The molecule has 6 heteroatoms. The fourth-order valence-corrected chi connectivity index (χ4v) is 5.76. The molecule has 1 aliphatic rings. The molecule has 2 aromatic rings. The third kappa shape index (κ3) is 3.41. The number of allylic oxidation sites excluding steroid dienone is 4. The first-order valence-electron chi connectivity index (χ1n) is 7.75. The molecule has 25 heavy (non-hydrogen) atoms. The Morgan fingerprint density at radius 3 is 2.16 bits per heavy atom. The zero-order chi connectivity index (χ0) is 18.1. The fraction of sp³-hybridized carbons (Fsp3) is 0.263. The highest BCUT2D eigenvalue weighted by Gasteiger charge is 2.26. The van der Waals surface area contributed by atoms with Crippen molar-refractivity contribution in [2.75, 3.05) is 0 Å². The minimum absolute atomic E-state index is 0.144. The summed E-state index contributed by atoms with van der Waals surface area (Å²) in [5, 5.41) is 19.1. The van der Waals surface area contributed by atoms with Crippen molar-refractivity contribution in [3.05, 3.63) is 52.8 Å². The van der Waals surface area contributed by atoms with Gasteiger partial charge in [-0.05, 0) is 67.5 Å². The van der Waals surface area contributed by atoms with Gasteiger partial charge >= 0.3 is 0 Å². The molecular formula is C19H14Cl2N2S2. The normalized spacial score (nSPS) is 13.7. The molecule has 0 fully saturated rings. The van der Waals surface area contributed by atoms with Crippen molar-refractivity contribution in [3.8, 4) is 12.1 Å². The fourth-order valence-electron chi connectivity index (χ4n) is 3.34. The van der Waals surface area contributed by atoms with Crippen LogP contribution < -0.4 is 0 Å². The molecule has 126 valence electrons. The maximum atomic E-state index is 9.53. The molecule has 0 aliphatic heterocycles. The predicted molar refractivity (Wildman–Crippen MR) is 107 cm³/mol. The van der Waals surface area contributed by atoms with Crippen LogP contribution in [0.5, 0.6) is 0 Å². The average Bonchev–Trinajstić information content (AvgIpc) is 3.24. The van der Waals surface area contributed by atoms with Crippen molar-refractivity contribution < 1.29 is 0 Å². The van der Waals surface area contributed by atoms with E-state index in [1.54, 1.807) is 11.3 Å². The molecule has 2 heterocycles. The van der Waals surface area contributed by atoms with Crippen molar-refractivity contribution in [2.45, 2.75) is 33.1 Å². The largest absolute Gasteiger partial charge is 0.192 e. The van der Waals surface area contributed by atoms with Crippen LogP contribution in [0, 0.1) is 36.5 Å². The van der Waals surface area contributed by atoms with Gasteiger partial charge in [0, 0.05) is 15.3 Å². The van der Waals surface area contributed by atoms with Crippen LogP contribution in [-0.2, 0) is 0 Å². The van der Waals surface area contributed by atoms with Crippen LogP contribution in [0.25, 0.3) is 11.1 Å². The van der Waals surface area contributed by atoms with E-state index < -0.39 is 0 Å². The van der Waals surface area contributed by atoms with Gasteiger partial charge in [0.15, 0.2) is 0 Å². The molecule has 1 aliphatic carbocycles. The Morgan fingerprint density at radius 2 is 1.64 bits per heavy atom. The molecule has 0 aromatic carbocycles. The predicted octanol–water partition coefficient (Wildman–Crippen LogP) is 7.17. The van der Waals surface area contributed by atoms with E-state index in [0.717, 1.165) is 55.6 Å². The van der Waals surface area contributed by atoms with E-state index in [-0.39, 0.29) is 5.57 Å². The molecule has 2 aromatic heterocycles. The number of nitriles is 2. The summed E-state index contributed by atoms with van der Waals surface area (Å²) in [7, 11) is 0. The highest BCUT2D eigenvalue weighted by molar-refractivity contribution is 7.16. The van der Waals surface area contributed by atoms with E-state index in [9.17, 15) is 10.5 Å². The molecule has 0 atom stereocenters. The van der Waals surface area contributed by atoms with E-state index in [1.807, 2.05) is 19.1 Å². The summed E-state index contributed by atoms with van der Waals surface area (Å²) in [6, 6.07) is 8.01. The quantitative estimate of drug-likeness (QED) is 0.508. The maximum Gasteiger partial charge on any atom is 0.137 e. The first-order valence-corrected chi connectivity index (χ1v) is 10.1. The topological polar surface area (TPSA) is 47.6 Å². The number of hydrogen-bond donors (Lipinski definition) is 0. The van der Waals surface area contributed by atoms with E-state index in [1.165, 1.54) is 16.9 Å². The van der Waals surface area contributed by atoms with E-state index >= 15 is 0 Å². The Morgan fingerprint density at radius 1 is 1.00 bits per heavy atom. The van der Waals surface area contributed by atoms with Gasteiger partial charge in [-0.3, -0.25) is 0 Å². The van der Waals surface area contributed by atoms with E-state index in [4.69, 9.17) is 23.2 Å². The second kappa shape index (κ2) is 7.36. The van der Waals surface area contributed by atoms with E-state index in [0.29, 0.717) is 4.34 Å². The summed E-state index contributed by atoms with van der Waals surface area (Å²) in [5.74, 6) is 0. The Hall–Kier alpha value is -1.56. The zero-order valence-corrected chi connectivity index (χ0v) is 16.9. The van der Waals surface area contributed by atoms with Gasteiger partial charge in [0.05, 0.1) is 8.67 Å². The number of nitrogens with zero attached hydrogens (tertiary/aromatic N) is 2. The van der Waals surface area contributed by atoms with Crippen molar-refractivity contribution >= 4 is 57.0 Å². The molecule has 0 saturated carbocycles. The van der Waals surface area contributed by atoms with Crippen LogP contribution in [0.3, 0.4) is 0 Å².